The third-order valence-corrected chi connectivity index (χ3v) is 9.82. The molecule has 2 aliphatic rings. The van der Waals surface area contributed by atoms with Crippen molar-refractivity contribution in [3.63, 3.8) is 0 Å². The first kappa shape index (κ1) is 27.2. The van der Waals surface area contributed by atoms with E-state index in [1.165, 1.54) is 28.0 Å². The summed E-state index contributed by atoms with van der Waals surface area (Å²) in [5, 5.41) is 12.7. The van der Waals surface area contributed by atoms with Crippen LogP contribution >= 0.6 is 11.3 Å². The van der Waals surface area contributed by atoms with Gasteiger partial charge in [0.15, 0.2) is 5.01 Å². The zero-order chi connectivity index (χ0) is 27.9. The van der Waals surface area contributed by atoms with Crippen LogP contribution in [-0.4, -0.2) is 82.6 Å². The number of benzene rings is 1. The molecule has 1 fully saturated rings. The minimum atomic E-state index is -4.01. The number of hydrogen-bond acceptors (Lipinski definition) is 9. The molecule has 0 aliphatic carbocycles. The highest BCUT2D eigenvalue weighted by atomic mass is 32.2. The van der Waals surface area contributed by atoms with Gasteiger partial charge in [-0.3, -0.25) is 15.0 Å². The van der Waals surface area contributed by atoms with Crippen LogP contribution in [0.1, 0.15) is 46.2 Å². The number of nitrogens with one attached hydrogen (secondary N) is 2. The largest absolute Gasteiger partial charge is 0.466 e. The molecule has 4 N–H and O–H groups in total. The molecule has 1 saturated heterocycles. The van der Waals surface area contributed by atoms with Gasteiger partial charge in [0.25, 0.3) is 5.91 Å². The average Bonchev–Trinajstić information content (AvgIpc) is 3.52. The number of nitrogen functional groups attached to an aromatic ring is 1. The number of ether oxygens (including phenoxy) is 1. The Morgan fingerprint density at radius 3 is 2.77 bits per heavy atom. The van der Waals surface area contributed by atoms with Gasteiger partial charge in [-0.1, -0.05) is 12.1 Å². The fourth-order valence-electron chi connectivity index (χ4n) is 4.96. The first-order valence-electron chi connectivity index (χ1n) is 12.7. The fourth-order valence-corrected chi connectivity index (χ4v) is 7.39. The molecule has 2 atom stereocenters. The normalized spacial score (nSPS) is 20.1. The van der Waals surface area contributed by atoms with Crippen molar-refractivity contribution >= 4 is 50.0 Å². The summed E-state index contributed by atoms with van der Waals surface area (Å²) in [5.74, 6) is -0.918. The van der Waals surface area contributed by atoms with Gasteiger partial charge in [0.1, 0.15) is 5.84 Å². The molecule has 12 nitrogen and oxygen atoms in total. The maximum absolute atomic E-state index is 13.6. The topological polar surface area (TPSA) is 164 Å². The van der Waals surface area contributed by atoms with Gasteiger partial charge in [-0.15, -0.1) is 11.3 Å². The van der Waals surface area contributed by atoms with Crippen molar-refractivity contribution < 1.29 is 22.7 Å². The van der Waals surface area contributed by atoms with Crippen LogP contribution in [0.15, 0.2) is 30.6 Å². The lowest BCUT2D eigenvalue weighted by atomic mass is 10.1. The van der Waals surface area contributed by atoms with Gasteiger partial charge in [-0.25, -0.2) is 8.96 Å². The van der Waals surface area contributed by atoms with Crippen LogP contribution in [0.4, 0.5) is 0 Å². The fraction of sp³-hybridized carbons (Fsp3) is 0.440. The Balaban J connectivity index is 1.40. The molecule has 1 amide bonds. The highest BCUT2D eigenvalue weighted by Gasteiger charge is 2.39. The van der Waals surface area contributed by atoms with Gasteiger partial charge in [-0.05, 0) is 19.9 Å². The van der Waals surface area contributed by atoms with E-state index in [2.05, 4.69) is 17.2 Å². The predicted molar refractivity (Wildman–Crippen MR) is 147 cm³/mol. The zero-order valence-electron chi connectivity index (χ0n) is 21.7. The third kappa shape index (κ3) is 5.41. The summed E-state index contributed by atoms with van der Waals surface area (Å²) in [6, 6.07) is 4.59. The molecule has 39 heavy (non-hydrogen) atoms. The summed E-state index contributed by atoms with van der Waals surface area (Å²) in [4.78, 5) is 33.2. The first-order chi connectivity index (χ1) is 18.6. The molecule has 0 bridgehead atoms. The molecule has 208 valence electrons. The van der Waals surface area contributed by atoms with Crippen molar-refractivity contribution in [2.75, 3.05) is 26.2 Å². The SMILES string of the molecule is CCOC(=O)CC1CN(S(=O)(=O)n2cc3ccc(C(=N)N)cc3c2)CCN1C(=O)c1nc2c(s1)CNC(C)C2. The van der Waals surface area contributed by atoms with E-state index in [0.29, 0.717) is 27.9 Å². The van der Waals surface area contributed by atoms with E-state index in [9.17, 15) is 18.0 Å². The van der Waals surface area contributed by atoms with E-state index in [4.69, 9.17) is 15.9 Å². The highest BCUT2D eigenvalue weighted by Crippen LogP contribution is 2.27. The number of fused-ring (bicyclic) bond motifs is 2. The second kappa shape index (κ2) is 10.7. The Labute approximate surface area is 230 Å². The van der Waals surface area contributed by atoms with Gasteiger partial charge < -0.3 is 20.7 Å². The second-order valence-corrected chi connectivity index (χ2v) is 12.7. The molecule has 2 aromatic heterocycles. The lowest BCUT2D eigenvalue weighted by Crippen LogP contribution is -2.57. The van der Waals surface area contributed by atoms with Crippen LogP contribution in [0, 0.1) is 5.41 Å². The molecule has 1 aromatic carbocycles. The molecule has 0 spiro atoms. The number of aromatic nitrogens is 2. The monoisotopic (exact) mass is 573 g/mol. The molecule has 2 unspecified atom stereocenters. The summed E-state index contributed by atoms with van der Waals surface area (Å²) in [7, 11) is -4.01. The van der Waals surface area contributed by atoms with Crippen LogP contribution in [0.25, 0.3) is 10.8 Å². The summed E-state index contributed by atoms with van der Waals surface area (Å²) in [6.07, 6.45) is 3.58. The number of piperazine rings is 1. The number of thiazole rings is 1. The van der Waals surface area contributed by atoms with Crippen LogP contribution in [0.5, 0.6) is 0 Å². The Morgan fingerprint density at radius 1 is 1.26 bits per heavy atom. The van der Waals surface area contributed by atoms with Gasteiger partial charge in [0, 0.05) is 72.2 Å². The van der Waals surface area contributed by atoms with Gasteiger partial charge in [0.05, 0.1) is 24.8 Å². The van der Waals surface area contributed by atoms with E-state index in [0.717, 1.165) is 21.0 Å². The van der Waals surface area contributed by atoms with Crippen molar-refractivity contribution in [3.05, 3.63) is 51.7 Å². The van der Waals surface area contributed by atoms with Crippen molar-refractivity contribution in [2.24, 2.45) is 5.73 Å². The van der Waals surface area contributed by atoms with Crippen molar-refractivity contribution in [1.82, 2.24) is 23.5 Å². The molecular formula is C25H31N7O5S2. The lowest BCUT2D eigenvalue weighted by molar-refractivity contribution is -0.144. The summed E-state index contributed by atoms with van der Waals surface area (Å²) >= 11 is 1.34. The molecule has 2 aliphatic heterocycles. The maximum atomic E-state index is 13.6. The smallest absolute Gasteiger partial charge is 0.307 e. The van der Waals surface area contributed by atoms with Crippen molar-refractivity contribution in [3.8, 4) is 0 Å². The quantitative estimate of drug-likeness (QED) is 0.216. The molecule has 3 aromatic rings. The molecule has 0 saturated carbocycles. The number of nitrogens with two attached hydrogens (primary N) is 1. The number of hydrogen-bond donors (Lipinski definition) is 3. The second-order valence-electron chi connectivity index (χ2n) is 9.75. The van der Waals surface area contributed by atoms with E-state index in [-0.39, 0.29) is 50.4 Å². The Hall–Kier alpha value is -3.33. The van der Waals surface area contributed by atoms with Crippen LogP contribution < -0.4 is 11.1 Å². The maximum Gasteiger partial charge on any atom is 0.307 e. The number of amides is 1. The molecule has 5 rings (SSSR count). The molecule has 0 radical (unpaired) electrons. The zero-order valence-corrected chi connectivity index (χ0v) is 23.3. The van der Waals surface area contributed by atoms with E-state index < -0.39 is 22.2 Å². The molecule has 4 heterocycles. The number of rotatable bonds is 7. The number of esters is 1. The van der Waals surface area contributed by atoms with Gasteiger partial charge in [-0.2, -0.15) is 12.7 Å². The van der Waals surface area contributed by atoms with Crippen LogP contribution in [0.2, 0.25) is 0 Å². The van der Waals surface area contributed by atoms with E-state index in [1.54, 1.807) is 30.0 Å². The lowest BCUT2D eigenvalue weighted by Gasteiger charge is -2.40. The number of amidine groups is 1. The minimum Gasteiger partial charge on any atom is -0.466 e. The van der Waals surface area contributed by atoms with Gasteiger partial charge >= 0.3 is 16.2 Å². The average molecular weight is 574 g/mol. The summed E-state index contributed by atoms with van der Waals surface area (Å²) < 4.78 is 34.8. The standard InChI is InChI=1S/C25H31N7O5S2/c1-3-37-22(33)10-19-14-30(39(35,36)31-12-17-5-4-16(23(26)27)9-18(17)13-31)6-7-32(19)25(34)24-29-20-8-15(2)28-11-21(20)38-24/h4-5,9,12-13,15,19,28H,3,6-8,10-11,14H2,1-2H3,(H3,26,27). The number of nitrogens with zero attached hydrogens (tertiary/aromatic N) is 4. The van der Waals surface area contributed by atoms with Crippen LogP contribution in [-0.2, 0) is 32.7 Å². The minimum absolute atomic E-state index is 0.0598. The first-order valence-corrected chi connectivity index (χ1v) is 14.9. The summed E-state index contributed by atoms with van der Waals surface area (Å²) in [6.45, 7) is 4.70. The van der Waals surface area contributed by atoms with Crippen LogP contribution in [0.3, 0.4) is 0 Å². The highest BCUT2D eigenvalue weighted by molar-refractivity contribution is 7.87. The van der Waals surface area contributed by atoms with E-state index in [1.807, 2.05) is 0 Å². The third-order valence-electron chi connectivity index (χ3n) is 7.01. The van der Waals surface area contributed by atoms with Crippen molar-refractivity contribution in [2.45, 2.75) is 45.3 Å². The Kier molecular flexibility index (Phi) is 7.46. The molecule has 14 heteroatoms. The van der Waals surface area contributed by atoms with Crippen molar-refractivity contribution in [1.29, 1.82) is 5.41 Å². The molecular weight excluding hydrogens is 542 g/mol. The van der Waals surface area contributed by atoms with E-state index >= 15 is 0 Å². The summed E-state index contributed by atoms with van der Waals surface area (Å²) in [5.41, 5.74) is 6.98. The van der Waals surface area contributed by atoms with Gasteiger partial charge in [0.2, 0.25) is 0 Å². The number of carbonyl (C=O) groups is 2. The Bertz CT molecular complexity index is 1550. The predicted octanol–water partition coefficient (Wildman–Crippen LogP) is 1.29. The number of carbonyl (C=O) groups excluding carboxylic acids is 2. The Morgan fingerprint density at radius 2 is 2.03 bits per heavy atom.